The van der Waals surface area contributed by atoms with Crippen LogP contribution in [0.1, 0.15) is 25.7 Å². The summed E-state index contributed by atoms with van der Waals surface area (Å²) >= 11 is 1.51. The molecule has 0 atom stereocenters. The number of amides is 1. The molecule has 3 N–H and O–H groups in total. The molecule has 2 aromatic rings. The highest BCUT2D eigenvalue weighted by atomic mass is 32.1. The van der Waals surface area contributed by atoms with Crippen LogP contribution in [0.4, 0.5) is 11.4 Å². The molecule has 4 heteroatoms. The number of anilines is 2. The van der Waals surface area contributed by atoms with Gasteiger partial charge in [0.2, 0.25) is 0 Å². The molecule has 1 heterocycles. The summed E-state index contributed by atoms with van der Waals surface area (Å²) in [5, 5.41) is 2.91. The van der Waals surface area contributed by atoms with Gasteiger partial charge < -0.3 is 11.1 Å². The maximum absolute atomic E-state index is 12.1. The molecule has 0 saturated heterocycles. The van der Waals surface area contributed by atoms with Crippen molar-refractivity contribution < 1.29 is 4.79 Å². The van der Waals surface area contributed by atoms with Crippen molar-refractivity contribution in [1.29, 1.82) is 0 Å². The molecular weight excluding hydrogens is 244 g/mol. The summed E-state index contributed by atoms with van der Waals surface area (Å²) in [7, 11) is 0. The lowest BCUT2D eigenvalue weighted by atomic mass is 10.2. The SMILES string of the molecule is Cc1cc(N)ccc1NC(=O)c1cc(C)c(C)s1. The molecule has 94 valence electrons. The van der Waals surface area contributed by atoms with E-state index in [1.807, 2.05) is 39.0 Å². The molecule has 1 aromatic carbocycles. The Morgan fingerprint density at radius 2 is 1.89 bits per heavy atom. The van der Waals surface area contributed by atoms with E-state index in [1.54, 1.807) is 6.07 Å². The summed E-state index contributed by atoms with van der Waals surface area (Å²) in [5.41, 5.74) is 9.31. The Morgan fingerprint density at radius 3 is 2.44 bits per heavy atom. The molecule has 0 spiro atoms. The number of carbonyl (C=O) groups excluding carboxylic acids is 1. The summed E-state index contributed by atoms with van der Waals surface area (Å²) in [5.74, 6) is -0.0657. The Morgan fingerprint density at radius 1 is 1.17 bits per heavy atom. The van der Waals surface area contributed by atoms with Crippen LogP contribution in [0.2, 0.25) is 0 Å². The van der Waals surface area contributed by atoms with Crippen LogP contribution >= 0.6 is 11.3 Å². The van der Waals surface area contributed by atoms with E-state index in [1.165, 1.54) is 16.2 Å². The van der Waals surface area contributed by atoms with Gasteiger partial charge in [0.05, 0.1) is 4.88 Å². The molecule has 0 unspecified atom stereocenters. The summed E-state index contributed by atoms with van der Waals surface area (Å²) in [4.78, 5) is 14.0. The first-order chi connectivity index (χ1) is 8.47. The smallest absolute Gasteiger partial charge is 0.265 e. The van der Waals surface area contributed by atoms with Crippen molar-refractivity contribution in [1.82, 2.24) is 0 Å². The summed E-state index contributed by atoms with van der Waals surface area (Å²) in [6.45, 7) is 5.96. The Bertz CT molecular complexity index is 582. The van der Waals surface area contributed by atoms with Gasteiger partial charge in [-0.05, 0) is 56.2 Å². The maximum Gasteiger partial charge on any atom is 0.265 e. The molecule has 3 nitrogen and oxygen atoms in total. The normalized spacial score (nSPS) is 10.4. The van der Waals surface area contributed by atoms with Gasteiger partial charge in [-0.15, -0.1) is 11.3 Å². The van der Waals surface area contributed by atoms with E-state index in [0.717, 1.165) is 21.7 Å². The van der Waals surface area contributed by atoms with E-state index in [2.05, 4.69) is 5.32 Å². The zero-order chi connectivity index (χ0) is 13.3. The number of nitrogens with one attached hydrogen (secondary N) is 1. The third-order valence-electron chi connectivity index (χ3n) is 2.89. The number of carbonyl (C=O) groups is 1. The van der Waals surface area contributed by atoms with Gasteiger partial charge in [0, 0.05) is 16.3 Å². The van der Waals surface area contributed by atoms with Gasteiger partial charge in [-0.2, -0.15) is 0 Å². The summed E-state index contributed by atoms with van der Waals surface area (Å²) in [6, 6.07) is 7.38. The molecule has 0 bridgehead atoms. The third-order valence-corrected chi connectivity index (χ3v) is 4.04. The van der Waals surface area contributed by atoms with Gasteiger partial charge in [-0.1, -0.05) is 0 Å². The maximum atomic E-state index is 12.1. The van der Waals surface area contributed by atoms with Gasteiger partial charge in [-0.3, -0.25) is 4.79 Å². The highest BCUT2D eigenvalue weighted by Gasteiger charge is 2.11. The molecule has 0 radical (unpaired) electrons. The molecule has 18 heavy (non-hydrogen) atoms. The standard InChI is InChI=1S/C14H16N2OS/c1-8-7-13(18-10(8)3)14(17)16-12-5-4-11(15)6-9(12)2/h4-7H,15H2,1-3H3,(H,16,17). The third kappa shape index (κ3) is 2.54. The number of nitrogens with two attached hydrogens (primary N) is 1. The second-order valence-electron chi connectivity index (χ2n) is 4.38. The van der Waals surface area contributed by atoms with E-state index in [0.29, 0.717) is 5.69 Å². The van der Waals surface area contributed by atoms with Gasteiger partial charge in [0.1, 0.15) is 0 Å². The second-order valence-corrected chi connectivity index (χ2v) is 5.63. The fourth-order valence-electron chi connectivity index (χ4n) is 1.70. The predicted octanol–water partition coefficient (Wildman–Crippen LogP) is 3.51. The zero-order valence-corrected chi connectivity index (χ0v) is 11.5. The van der Waals surface area contributed by atoms with E-state index >= 15 is 0 Å². The second kappa shape index (κ2) is 4.82. The zero-order valence-electron chi connectivity index (χ0n) is 10.7. The van der Waals surface area contributed by atoms with E-state index in [-0.39, 0.29) is 5.91 Å². The molecule has 0 fully saturated rings. The Hall–Kier alpha value is -1.81. The lowest BCUT2D eigenvalue weighted by Gasteiger charge is -2.07. The average molecular weight is 260 g/mol. The number of rotatable bonds is 2. The van der Waals surface area contributed by atoms with E-state index in [4.69, 9.17) is 5.73 Å². The molecule has 0 saturated carbocycles. The van der Waals surface area contributed by atoms with Crippen molar-refractivity contribution in [3.05, 3.63) is 45.1 Å². The number of thiophene rings is 1. The lowest BCUT2D eigenvalue weighted by Crippen LogP contribution is -2.11. The number of aryl methyl sites for hydroxylation is 3. The van der Waals surface area contributed by atoms with Crippen LogP contribution in [0.5, 0.6) is 0 Å². The van der Waals surface area contributed by atoms with Crippen LogP contribution in [0, 0.1) is 20.8 Å². The molecule has 0 aliphatic rings. The van der Waals surface area contributed by atoms with E-state index in [9.17, 15) is 4.79 Å². The first-order valence-electron chi connectivity index (χ1n) is 5.72. The Balaban J connectivity index is 2.21. The first-order valence-corrected chi connectivity index (χ1v) is 6.53. The quantitative estimate of drug-likeness (QED) is 0.812. The minimum absolute atomic E-state index is 0.0657. The van der Waals surface area contributed by atoms with E-state index < -0.39 is 0 Å². The highest BCUT2D eigenvalue weighted by Crippen LogP contribution is 2.23. The number of hydrogen-bond acceptors (Lipinski definition) is 3. The Kier molecular flexibility index (Phi) is 3.39. The summed E-state index contributed by atoms with van der Waals surface area (Å²) < 4.78 is 0. The van der Waals surface area contributed by atoms with Crippen LogP contribution in [0.15, 0.2) is 24.3 Å². The van der Waals surface area contributed by atoms with Gasteiger partial charge in [-0.25, -0.2) is 0 Å². The van der Waals surface area contributed by atoms with Crippen molar-refractivity contribution >= 4 is 28.6 Å². The van der Waals surface area contributed by atoms with Crippen molar-refractivity contribution in [3.8, 4) is 0 Å². The van der Waals surface area contributed by atoms with Crippen LogP contribution in [-0.2, 0) is 0 Å². The fourth-order valence-corrected chi connectivity index (χ4v) is 2.63. The number of hydrogen-bond donors (Lipinski definition) is 2. The minimum Gasteiger partial charge on any atom is -0.399 e. The Labute approximate surface area is 111 Å². The van der Waals surface area contributed by atoms with Crippen LogP contribution in [0.25, 0.3) is 0 Å². The lowest BCUT2D eigenvalue weighted by molar-refractivity contribution is 0.103. The predicted molar refractivity (Wildman–Crippen MR) is 77.3 cm³/mol. The monoisotopic (exact) mass is 260 g/mol. The molecule has 2 rings (SSSR count). The number of benzene rings is 1. The van der Waals surface area contributed by atoms with Crippen molar-refractivity contribution in [3.63, 3.8) is 0 Å². The van der Waals surface area contributed by atoms with Gasteiger partial charge in [0.15, 0.2) is 0 Å². The largest absolute Gasteiger partial charge is 0.399 e. The van der Waals surface area contributed by atoms with Crippen molar-refractivity contribution in [2.45, 2.75) is 20.8 Å². The molecule has 1 amide bonds. The molecule has 0 aliphatic carbocycles. The van der Waals surface area contributed by atoms with Crippen LogP contribution in [-0.4, -0.2) is 5.91 Å². The first kappa shape index (κ1) is 12.6. The fraction of sp³-hybridized carbons (Fsp3) is 0.214. The van der Waals surface area contributed by atoms with Gasteiger partial charge in [0.25, 0.3) is 5.91 Å². The van der Waals surface area contributed by atoms with Crippen molar-refractivity contribution in [2.75, 3.05) is 11.1 Å². The van der Waals surface area contributed by atoms with Gasteiger partial charge >= 0.3 is 0 Å². The number of nitrogen functional groups attached to an aromatic ring is 1. The summed E-state index contributed by atoms with van der Waals surface area (Å²) in [6.07, 6.45) is 0. The van der Waals surface area contributed by atoms with Crippen LogP contribution < -0.4 is 11.1 Å². The molecule has 0 aliphatic heterocycles. The molecular formula is C14H16N2OS. The minimum atomic E-state index is -0.0657. The van der Waals surface area contributed by atoms with Crippen LogP contribution in [0.3, 0.4) is 0 Å². The van der Waals surface area contributed by atoms with Crippen molar-refractivity contribution in [2.24, 2.45) is 0 Å². The highest BCUT2D eigenvalue weighted by molar-refractivity contribution is 7.14. The topological polar surface area (TPSA) is 55.1 Å². The molecule has 1 aromatic heterocycles. The average Bonchev–Trinajstić information content (AvgIpc) is 2.63.